The number of halogens is 2. The number of carboxylic acid groups (broad SMARTS) is 1. The van der Waals surface area contributed by atoms with Gasteiger partial charge in [-0.05, 0) is 44.3 Å². The van der Waals surface area contributed by atoms with E-state index < -0.39 is 12.0 Å². The zero-order chi connectivity index (χ0) is 13.2. The van der Waals surface area contributed by atoms with E-state index in [0.29, 0.717) is 15.8 Å². The molecule has 0 bridgehead atoms. The number of aliphatic carboxylic acids is 1. The molecule has 0 saturated carbocycles. The number of carbonyl (C=O) groups is 2. The van der Waals surface area contributed by atoms with Gasteiger partial charge in [-0.3, -0.25) is 4.79 Å². The topological polar surface area (TPSA) is 57.6 Å². The van der Waals surface area contributed by atoms with E-state index in [-0.39, 0.29) is 5.91 Å². The van der Waals surface area contributed by atoms with Gasteiger partial charge in [0.15, 0.2) is 0 Å². The first kappa shape index (κ1) is 14.7. The van der Waals surface area contributed by atoms with Crippen LogP contribution in [0.2, 0.25) is 0 Å². The highest BCUT2D eigenvalue weighted by molar-refractivity contribution is 9.12. The van der Waals surface area contributed by atoms with E-state index in [2.05, 4.69) is 31.9 Å². The fraction of sp³-hybridized carbons (Fsp3) is 0.400. The van der Waals surface area contributed by atoms with Gasteiger partial charge in [0.1, 0.15) is 6.04 Å². The molecule has 0 aromatic carbocycles. The summed E-state index contributed by atoms with van der Waals surface area (Å²) < 4.78 is 1.52. The first-order valence-electron chi connectivity index (χ1n) is 4.83. The Morgan fingerprint density at radius 3 is 2.47 bits per heavy atom. The summed E-state index contributed by atoms with van der Waals surface area (Å²) in [5, 5.41) is 9.00. The molecule has 0 radical (unpaired) electrons. The predicted octanol–water partition coefficient (Wildman–Crippen LogP) is 3.21. The number of thiophene rings is 1. The summed E-state index contributed by atoms with van der Waals surface area (Å²) in [5.41, 5.74) is 0.476. The Morgan fingerprint density at radius 2 is 2.12 bits per heavy atom. The minimum absolute atomic E-state index is 0.298. The molecule has 1 atom stereocenters. The first-order valence-corrected chi connectivity index (χ1v) is 7.23. The molecule has 7 heteroatoms. The lowest BCUT2D eigenvalue weighted by atomic mass is 10.2. The van der Waals surface area contributed by atoms with E-state index in [1.165, 1.54) is 23.3 Å². The second-order valence-corrected chi connectivity index (χ2v) is 7.17. The van der Waals surface area contributed by atoms with Crippen LogP contribution < -0.4 is 0 Å². The lowest BCUT2D eigenvalue weighted by molar-refractivity contribution is -0.142. The number of hydrogen-bond donors (Lipinski definition) is 1. The molecule has 1 aromatic heterocycles. The number of hydrogen-bond acceptors (Lipinski definition) is 3. The van der Waals surface area contributed by atoms with Gasteiger partial charge < -0.3 is 10.0 Å². The summed E-state index contributed by atoms with van der Waals surface area (Å²) in [6.07, 6.45) is 0.375. The SMILES string of the molecule is CCC(C(=O)O)N(C)C(=O)c1cc(Br)sc1Br. The molecule has 0 saturated heterocycles. The minimum atomic E-state index is -0.992. The summed E-state index contributed by atoms with van der Waals surface area (Å²) in [5.74, 6) is -1.29. The van der Waals surface area contributed by atoms with Crippen molar-refractivity contribution in [1.82, 2.24) is 4.90 Å². The highest BCUT2D eigenvalue weighted by Crippen LogP contribution is 2.32. The molecule has 0 fully saturated rings. The molecule has 1 N–H and O–H groups in total. The molecular weight excluding hydrogens is 374 g/mol. The molecule has 1 heterocycles. The van der Waals surface area contributed by atoms with Gasteiger partial charge in [0.25, 0.3) is 5.91 Å². The average molecular weight is 385 g/mol. The van der Waals surface area contributed by atoms with Gasteiger partial charge in [0.2, 0.25) is 0 Å². The van der Waals surface area contributed by atoms with Crippen molar-refractivity contribution in [2.75, 3.05) is 7.05 Å². The fourth-order valence-electron chi connectivity index (χ4n) is 1.43. The van der Waals surface area contributed by atoms with E-state index in [1.807, 2.05) is 0 Å². The maximum atomic E-state index is 12.1. The number of rotatable bonds is 4. The Kier molecular flexibility index (Phi) is 5.15. The molecule has 0 spiro atoms. The van der Waals surface area contributed by atoms with E-state index in [1.54, 1.807) is 13.0 Å². The van der Waals surface area contributed by atoms with Crippen LogP contribution in [0.1, 0.15) is 23.7 Å². The molecular formula is C10H11Br2NO3S. The van der Waals surface area contributed by atoms with Crippen molar-refractivity contribution >= 4 is 55.1 Å². The minimum Gasteiger partial charge on any atom is -0.480 e. The predicted molar refractivity (Wildman–Crippen MR) is 73.5 cm³/mol. The maximum Gasteiger partial charge on any atom is 0.326 e. The van der Waals surface area contributed by atoms with Gasteiger partial charge >= 0.3 is 5.97 Å². The molecule has 17 heavy (non-hydrogen) atoms. The molecule has 0 aliphatic carbocycles. The van der Waals surface area contributed by atoms with Crippen LogP contribution in [-0.2, 0) is 4.79 Å². The lowest BCUT2D eigenvalue weighted by Gasteiger charge is -2.23. The van der Waals surface area contributed by atoms with Crippen molar-refractivity contribution in [1.29, 1.82) is 0 Å². The molecule has 0 aliphatic heterocycles. The van der Waals surface area contributed by atoms with E-state index in [4.69, 9.17) is 5.11 Å². The Balaban J connectivity index is 2.97. The zero-order valence-electron chi connectivity index (χ0n) is 9.24. The van der Waals surface area contributed by atoms with Crippen LogP contribution >= 0.6 is 43.2 Å². The molecule has 4 nitrogen and oxygen atoms in total. The quantitative estimate of drug-likeness (QED) is 0.866. The monoisotopic (exact) mass is 383 g/mol. The Labute approximate surface area is 120 Å². The van der Waals surface area contributed by atoms with Crippen molar-refractivity contribution in [2.24, 2.45) is 0 Å². The van der Waals surface area contributed by atoms with Crippen molar-refractivity contribution in [3.8, 4) is 0 Å². The first-order chi connectivity index (χ1) is 7.88. The molecule has 94 valence electrons. The van der Waals surface area contributed by atoms with E-state index in [9.17, 15) is 9.59 Å². The highest BCUT2D eigenvalue weighted by atomic mass is 79.9. The van der Waals surface area contributed by atoms with Gasteiger partial charge in [-0.25, -0.2) is 4.79 Å². The molecule has 0 aliphatic rings. The number of carbonyl (C=O) groups excluding carboxylic acids is 1. The smallest absolute Gasteiger partial charge is 0.326 e. The van der Waals surface area contributed by atoms with Crippen molar-refractivity contribution in [2.45, 2.75) is 19.4 Å². The highest BCUT2D eigenvalue weighted by Gasteiger charge is 2.27. The lowest BCUT2D eigenvalue weighted by Crippen LogP contribution is -2.41. The number of carboxylic acids is 1. The third-order valence-electron chi connectivity index (χ3n) is 2.35. The van der Waals surface area contributed by atoms with Crippen molar-refractivity contribution in [3.05, 3.63) is 19.2 Å². The van der Waals surface area contributed by atoms with Gasteiger partial charge in [0.05, 0.1) is 13.1 Å². The second kappa shape index (κ2) is 5.97. The van der Waals surface area contributed by atoms with Crippen LogP contribution in [0.5, 0.6) is 0 Å². The molecule has 1 rings (SSSR count). The summed E-state index contributed by atoms with van der Waals surface area (Å²) in [7, 11) is 1.50. The van der Waals surface area contributed by atoms with E-state index in [0.717, 1.165) is 3.79 Å². The molecule has 1 amide bonds. The largest absolute Gasteiger partial charge is 0.480 e. The molecule has 1 unspecified atom stereocenters. The number of amides is 1. The summed E-state index contributed by atoms with van der Waals surface area (Å²) in [4.78, 5) is 24.3. The summed E-state index contributed by atoms with van der Waals surface area (Å²) in [6, 6.07) is 0.885. The number of likely N-dealkylation sites (N-methyl/N-ethyl adjacent to an activating group) is 1. The summed E-state index contributed by atoms with van der Waals surface area (Å²) >= 11 is 7.95. The van der Waals surface area contributed by atoms with Crippen LogP contribution in [0.25, 0.3) is 0 Å². The Bertz CT molecular complexity index is 447. The van der Waals surface area contributed by atoms with Gasteiger partial charge in [-0.15, -0.1) is 11.3 Å². The van der Waals surface area contributed by atoms with Crippen LogP contribution in [0.15, 0.2) is 13.6 Å². The van der Waals surface area contributed by atoms with Crippen LogP contribution in [0, 0.1) is 0 Å². The maximum absolute atomic E-state index is 12.1. The average Bonchev–Trinajstić information content (AvgIpc) is 2.57. The van der Waals surface area contributed by atoms with E-state index >= 15 is 0 Å². The standard InChI is InChI=1S/C10H11Br2NO3S/c1-3-6(10(15)16)13(2)9(14)5-4-7(11)17-8(5)12/h4,6H,3H2,1-2H3,(H,15,16). The van der Waals surface area contributed by atoms with Gasteiger partial charge in [0, 0.05) is 7.05 Å². The Hall–Kier alpha value is -0.400. The second-order valence-electron chi connectivity index (χ2n) is 3.42. The van der Waals surface area contributed by atoms with Crippen molar-refractivity contribution < 1.29 is 14.7 Å². The van der Waals surface area contributed by atoms with Crippen molar-refractivity contribution in [3.63, 3.8) is 0 Å². The third-order valence-corrected chi connectivity index (χ3v) is 4.69. The van der Waals surface area contributed by atoms with Gasteiger partial charge in [-0.1, -0.05) is 6.92 Å². The van der Waals surface area contributed by atoms with Crippen LogP contribution in [0.4, 0.5) is 0 Å². The van der Waals surface area contributed by atoms with Crippen LogP contribution in [0.3, 0.4) is 0 Å². The fourth-order valence-corrected chi connectivity index (χ4v) is 4.21. The third kappa shape index (κ3) is 3.29. The Morgan fingerprint density at radius 1 is 1.53 bits per heavy atom. The number of nitrogens with zero attached hydrogens (tertiary/aromatic N) is 1. The van der Waals surface area contributed by atoms with Crippen LogP contribution in [-0.4, -0.2) is 35.0 Å². The normalized spacial score (nSPS) is 12.2. The van der Waals surface area contributed by atoms with Gasteiger partial charge in [-0.2, -0.15) is 0 Å². The molecule has 1 aromatic rings. The zero-order valence-corrected chi connectivity index (χ0v) is 13.2. The summed E-state index contributed by atoms with van der Waals surface area (Å²) in [6.45, 7) is 1.74.